The summed E-state index contributed by atoms with van der Waals surface area (Å²) in [5.74, 6) is -1.10. The zero-order valence-electron chi connectivity index (χ0n) is 9.91. The van der Waals surface area contributed by atoms with Crippen molar-refractivity contribution in [2.45, 2.75) is 4.90 Å². The highest BCUT2D eigenvalue weighted by Gasteiger charge is 2.17. The van der Waals surface area contributed by atoms with E-state index in [1.807, 2.05) is 4.72 Å². The minimum absolute atomic E-state index is 0.0672. The first kappa shape index (κ1) is 13.8. The second-order valence-electron chi connectivity index (χ2n) is 3.76. The summed E-state index contributed by atoms with van der Waals surface area (Å²) in [7, 11) is -4.03. The Kier molecular flexibility index (Phi) is 3.54. The van der Waals surface area contributed by atoms with Gasteiger partial charge in [-0.25, -0.2) is 17.8 Å². The number of hydrogen-bond acceptors (Lipinski definition) is 5. The fourth-order valence-corrected chi connectivity index (χ4v) is 2.41. The van der Waals surface area contributed by atoms with E-state index in [9.17, 15) is 17.9 Å². The van der Waals surface area contributed by atoms with Crippen molar-refractivity contribution in [3.8, 4) is 11.8 Å². The lowest BCUT2D eigenvalue weighted by Crippen LogP contribution is -2.13. The molecule has 0 amide bonds. The molecule has 20 heavy (non-hydrogen) atoms. The Bertz CT molecular complexity index is 783. The maximum atomic E-state index is 13.0. The first-order chi connectivity index (χ1) is 9.42. The van der Waals surface area contributed by atoms with Gasteiger partial charge >= 0.3 is 0 Å². The number of phenolic OH excluding ortho intramolecular Hbond substituents is 1. The summed E-state index contributed by atoms with van der Waals surface area (Å²) in [6, 6.07) is 7.06. The van der Waals surface area contributed by atoms with Crippen molar-refractivity contribution in [3.63, 3.8) is 0 Å². The van der Waals surface area contributed by atoms with Crippen LogP contribution in [0.5, 0.6) is 5.75 Å². The van der Waals surface area contributed by atoms with Gasteiger partial charge in [0.05, 0.1) is 5.69 Å². The number of sulfonamides is 1. The molecule has 0 aliphatic carbocycles. The molecule has 2 rings (SSSR count). The van der Waals surface area contributed by atoms with Crippen LogP contribution in [-0.2, 0) is 10.0 Å². The normalized spacial score (nSPS) is 10.8. The van der Waals surface area contributed by atoms with Crippen LogP contribution in [0, 0.1) is 17.1 Å². The molecule has 1 aromatic heterocycles. The van der Waals surface area contributed by atoms with Gasteiger partial charge in [0.1, 0.15) is 28.2 Å². The molecule has 0 atom stereocenters. The van der Waals surface area contributed by atoms with E-state index in [1.54, 1.807) is 6.07 Å². The van der Waals surface area contributed by atoms with E-state index in [0.717, 1.165) is 24.4 Å². The summed E-state index contributed by atoms with van der Waals surface area (Å²) < 4.78 is 39.1. The minimum Gasteiger partial charge on any atom is -0.506 e. The first-order valence-electron chi connectivity index (χ1n) is 5.30. The van der Waals surface area contributed by atoms with Crippen molar-refractivity contribution < 1.29 is 17.9 Å². The van der Waals surface area contributed by atoms with Crippen molar-refractivity contribution in [1.82, 2.24) is 4.98 Å². The Balaban J connectivity index is 2.35. The van der Waals surface area contributed by atoms with Crippen molar-refractivity contribution in [2.75, 3.05) is 4.72 Å². The Morgan fingerprint density at radius 2 is 2.05 bits per heavy atom. The number of phenols is 1. The molecular formula is C12H8FN3O3S. The van der Waals surface area contributed by atoms with Gasteiger partial charge in [-0.2, -0.15) is 5.26 Å². The minimum atomic E-state index is -4.03. The van der Waals surface area contributed by atoms with Gasteiger partial charge in [-0.3, -0.25) is 4.72 Å². The van der Waals surface area contributed by atoms with Gasteiger partial charge in [-0.1, -0.05) is 0 Å². The molecule has 0 aliphatic heterocycles. The number of pyridine rings is 1. The lowest BCUT2D eigenvalue weighted by atomic mass is 10.3. The quantitative estimate of drug-likeness (QED) is 0.837. The third-order valence-corrected chi connectivity index (χ3v) is 3.71. The fourth-order valence-electron chi connectivity index (χ4n) is 1.40. The molecule has 102 valence electrons. The standard InChI is InChI=1S/C12H8FN3O3S/c13-8-1-4-12(17)11(5-8)16-20(18,19)10-3-2-9(6-14)15-7-10/h1-5,7,16-17H. The summed E-state index contributed by atoms with van der Waals surface area (Å²) in [5.41, 5.74) is -0.216. The van der Waals surface area contributed by atoms with Gasteiger partial charge in [-0.05, 0) is 24.3 Å². The number of halogens is 1. The van der Waals surface area contributed by atoms with Gasteiger partial charge in [-0.15, -0.1) is 0 Å². The Morgan fingerprint density at radius 3 is 2.65 bits per heavy atom. The van der Waals surface area contributed by atoms with Crippen LogP contribution in [0.15, 0.2) is 41.4 Å². The van der Waals surface area contributed by atoms with Crippen LogP contribution in [0.1, 0.15) is 5.69 Å². The molecule has 0 unspecified atom stereocenters. The molecule has 0 radical (unpaired) electrons. The highest BCUT2D eigenvalue weighted by atomic mass is 32.2. The first-order valence-corrected chi connectivity index (χ1v) is 6.78. The van der Waals surface area contributed by atoms with Gasteiger partial charge in [0.2, 0.25) is 0 Å². The number of anilines is 1. The highest BCUT2D eigenvalue weighted by Crippen LogP contribution is 2.26. The van der Waals surface area contributed by atoms with E-state index in [1.165, 1.54) is 12.1 Å². The molecule has 0 bridgehead atoms. The molecule has 1 aromatic carbocycles. The average Bonchev–Trinajstić information content (AvgIpc) is 2.43. The predicted octanol–water partition coefficient (Wildman–Crippen LogP) is 1.60. The second-order valence-corrected chi connectivity index (χ2v) is 5.44. The summed E-state index contributed by atoms with van der Waals surface area (Å²) in [4.78, 5) is 3.42. The molecule has 0 saturated heterocycles. The van der Waals surface area contributed by atoms with Crippen molar-refractivity contribution >= 4 is 15.7 Å². The van der Waals surface area contributed by atoms with Gasteiger partial charge in [0.25, 0.3) is 10.0 Å². The molecule has 0 spiro atoms. The molecule has 0 fully saturated rings. The van der Waals surface area contributed by atoms with Crippen LogP contribution in [0.4, 0.5) is 10.1 Å². The van der Waals surface area contributed by atoms with E-state index in [4.69, 9.17) is 5.26 Å². The number of aromatic hydroxyl groups is 1. The number of nitriles is 1. The number of benzene rings is 1. The largest absolute Gasteiger partial charge is 0.506 e. The maximum absolute atomic E-state index is 13.0. The number of hydrogen-bond donors (Lipinski definition) is 2. The van der Waals surface area contributed by atoms with Crippen LogP contribution in [0.2, 0.25) is 0 Å². The van der Waals surface area contributed by atoms with E-state index in [-0.39, 0.29) is 16.3 Å². The predicted molar refractivity (Wildman–Crippen MR) is 67.8 cm³/mol. The lowest BCUT2D eigenvalue weighted by molar-refractivity contribution is 0.475. The van der Waals surface area contributed by atoms with Gasteiger partial charge in [0, 0.05) is 12.3 Å². The number of aromatic nitrogens is 1. The van der Waals surface area contributed by atoms with E-state index in [0.29, 0.717) is 0 Å². The molecule has 1 heterocycles. The van der Waals surface area contributed by atoms with Gasteiger partial charge < -0.3 is 5.11 Å². The third-order valence-electron chi connectivity index (χ3n) is 2.36. The van der Waals surface area contributed by atoms with E-state index < -0.39 is 21.6 Å². The monoisotopic (exact) mass is 293 g/mol. The van der Waals surface area contributed by atoms with Crippen LogP contribution < -0.4 is 4.72 Å². The van der Waals surface area contributed by atoms with E-state index in [2.05, 4.69) is 4.98 Å². The summed E-state index contributed by atoms with van der Waals surface area (Å²) in [6.07, 6.45) is 0.997. The number of nitrogens with one attached hydrogen (secondary N) is 1. The Morgan fingerprint density at radius 1 is 1.30 bits per heavy atom. The molecule has 0 aliphatic rings. The molecule has 0 saturated carbocycles. The SMILES string of the molecule is N#Cc1ccc(S(=O)(=O)Nc2cc(F)ccc2O)cn1. The van der Waals surface area contributed by atoms with Gasteiger partial charge in [0.15, 0.2) is 0 Å². The van der Waals surface area contributed by atoms with Crippen LogP contribution in [0.3, 0.4) is 0 Å². The lowest BCUT2D eigenvalue weighted by Gasteiger charge is -2.09. The third kappa shape index (κ3) is 2.84. The molecule has 2 aromatic rings. The highest BCUT2D eigenvalue weighted by molar-refractivity contribution is 7.92. The zero-order valence-corrected chi connectivity index (χ0v) is 10.7. The van der Waals surface area contributed by atoms with Crippen molar-refractivity contribution in [3.05, 3.63) is 48.0 Å². The van der Waals surface area contributed by atoms with Crippen LogP contribution in [-0.4, -0.2) is 18.5 Å². The van der Waals surface area contributed by atoms with Crippen molar-refractivity contribution in [2.24, 2.45) is 0 Å². The van der Waals surface area contributed by atoms with E-state index >= 15 is 0 Å². The summed E-state index contributed by atoms with van der Waals surface area (Å²) in [5, 5.41) is 18.1. The molecular weight excluding hydrogens is 285 g/mol. The smallest absolute Gasteiger partial charge is 0.263 e. The maximum Gasteiger partial charge on any atom is 0.263 e. The molecule has 6 nitrogen and oxygen atoms in total. The Labute approximate surface area is 114 Å². The molecule has 2 N–H and O–H groups in total. The second kappa shape index (κ2) is 5.14. The topological polar surface area (TPSA) is 103 Å². The van der Waals surface area contributed by atoms with Crippen LogP contribution in [0.25, 0.3) is 0 Å². The zero-order chi connectivity index (χ0) is 14.8. The number of nitrogens with zero attached hydrogens (tertiary/aromatic N) is 2. The average molecular weight is 293 g/mol. The van der Waals surface area contributed by atoms with Crippen LogP contribution >= 0.6 is 0 Å². The number of rotatable bonds is 3. The summed E-state index contributed by atoms with van der Waals surface area (Å²) >= 11 is 0. The Hall–Kier alpha value is -2.66. The van der Waals surface area contributed by atoms with Crippen molar-refractivity contribution in [1.29, 1.82) is 5.26 Å². The summed E-state index contributed by atoms with van der Waals surface area (Å²) in [6.45, 7) is 0. The molecule has 8 heteroatoms. The fraction of sp³-hybridized carbons (Fsp3) is 0.